The van der Waals surface area contributed by atoms with Crippen LogP contribution in [0.1, 0.15) is 31.0 Å². The zero-order valence-corrected chi connectivity index (χ0v) is 15.7. The van der Waals surface area contributed by atoms with Crippen molar-refractivity contribution in [2.45, 2.75) is 26.0 Å². The Labute approximate surface area is 159 Å². The van der Waals surface area contributed by atoms with Gasteiger partial charge in [0.1, 0.15) is 5.82 Å². The summed E-state index contributed by atoms with van der Waals surface area (Å²) in [5.74, 6) is -0.530. The molecule has 142 valence electrons. The van der Waals surface area contributed by atoms with Crippen LogP contribution in [0.5, 0.6) is 0 Å². The lowest BCUT2D eigenvalue weighted by Crippen LogP contribution is -2.41. The van der Waals surface area contributed by atoms with Crippen LogP contribution < -0.4 is 10.2 Å². The summed E-state index contributed by atoms with van der Waals surface area (Å²) in [6, 6.07) is 14.2. The molecule has 1 unspecified atom stereocenters. The van der Waals surface area contributed by atoms with Crippen molar-refractivity contribution in [3.63, 3.8) is 0 Å². The number of anilines is 1. The van der Waals surface area contributed by atoms with Gasteiger partial charge in [-0.3, -0.25) is 4.79 Å². The summed E-state index contributed by atoms with van der Waals surface area (Å²) in [5.41, 5.74) is 2.83. The molecule has 3 rings (SSSR count). The van der Waals surface area contributed by atoms with Crippen LogP contribution in [-0.2, 0) is 9.53 Å². The van der Waals surface area contributed by atoms with Crippen molar-refractivity contribution in [3.8, 4) is 0 Å². The van der Waals surface area contributed by atoms with E-state index in [1.165, 1.54) is 18.2 Å². The Morgan fingerprint density at radius 1 is 1.30 bits per heavy atom. The molecule has 1 fully saturated rings. The van der Waals surface area contributed by atoms with E-state index in [1.54, 1.807) is 18.2 Å². The molecule has 1 heterocycles. The van der Waals surface area contributed by atoms with Gasteiger partial charge >= 0.3 is 0 Å². The van der Waals surface area contributed by atoms with E-state index < -0.39 is 0 Å². The third-order valence-corrected chi connectivity index (χ3v) is 4.61. The van der Waals surface area contributed by atoms with E-state index in [0.717, 1.165) is 30.9 Å². The Bertz CT molecular complexity index is 821. The molecule has 0 radical (unpaired) electrons. The number of halogens is 1. The Morgan fingerprint density at radius 3 is 2.89 bits per heavy atom. The number of morpholine rings is 1. The molecular weight excluding hydrogens is 343 g/mol. The molecule has 5 heteroatoms. The fourth-order valence-corrected chi connectivity index (χ4v) is 3.17. The molecule has 2 aromatic carbocycles. The predicted octanol–water partition coefficient (Wildman–Crippen LogP) is 3.94. The third-order valence-electron chi connectivity index (χ3n) is 4.61. The maximum Gasteiger partial charge on any atom is 0.244 e. The monoisotopic (exact) mass is 368 g/mol. The molecule has 1 amide bonds. The van der Waals surface area contributed by atoms with Crippen LogP contribution in [0.4, 0.5) is 10.1 Å². The van der Waals surface area contributed by atoms with E-state index in [1.807, 2.05) is 19.1 Å². The Hall–Kier alpha value is -2.66. The maximum absolute atomic E-state index is 13.2. The van der Waals surface area contributed by atoms with Gasteiger partial charge in [-0.05, 0) is 55.3 Å². The van der Waals surface area contributed by atoms with E-state index in [4.69, 9.17) is 4.74 Å². The largest absolute Gasteiger partial charge is 0.375 e. The quantitative estimate of drug-likeness (QED) is 0.813. The summed E-state index contributed by atoms with van der Waals surface area (Å²) >= 11 is 0. The molecule has 1 saturated heterocycles. The minimum atomic E-state index is -0.319. The summed E-state index contributed by atoms with van der Waals surface area (Å²) < 4.78 is 18.8. The zero-order chi connectivity index (χ0) is 19.2. The van der Waals surface area contributed by atoms with Crippen LogP contribution in [0.25, 0.3) is 6.08 Å². The van der Waals surface area contributed by atoms with E-state index in [0.29, 0.717) is 5.56 Å². The van der Waals surface area contributed by atoms with Gasteiger partial charge in [0.2, 0.25) is 5.91 Å². The number of rotatable bonds is 5. The minimum absolute atomic E-state index is 0.131. The smallest absolute Gasteiger partial charge is 0.244 e. The number of hydrogen-bond donors (Lipinski definition) is 1. The molecule has 1 aliphatic heterocycles. The second-order valence-electron chi connectivity index (χ2n) is 6.84. The van der Waals surface area contributed by atoms with E-state index in [-0.39, 0.29) is 23.9 Å². The number of nitrogens with one attached hydrogen (secondary N) is 1. The van der Waals surface area contributed by atoms with Gasteiger partial charge in [0.25, 0.3) is 0 Å². The van der Waals surface area contributed by atoms with Crippen LogP contribution in [0, 0.1) is 5.82 Å². The Kier molecular flexibility index (Phi) is 6.24. The minimum Gasteiger partial charge on any atom is -0.375 e. The number of carbonyl (C=O) groups is 1. The summed E-state index contributed by atoms with van der Waals surface area (Å²) in [6.07, 6.45) is 3.25. The molecule has 0 aromatic heterocycles. The van der Waals surface area contributed by atoms with Crippen molar-refractivity contribution in [2.75, 3.05) is 24.6 Å². The summed E-state index contributed by atoms with van der Waals surface area (Å²) in [6.45, 7) is 6.48. The first-order valence-electron chi connectivity index (χ1n) is 9.22. The number of ether oxygens (including phenoxy) is 1. The van der Waals surface area contributed by atoms with Gasteiger partial charge in [-0.25, -0.2) is 4.39 Å². The molecule has 0 bridgehead atoms. The SMILES string of the molecule is CC1CN(c2cccc([C@@H](C)NC(=O)C=Cc3cccc(F)c3)c2)CCO1. The highest BCUT2D eigenvalue weighted by Crippen LogP contribution is 2.22. The van der Waals surface area contributed by atoms with Crippen molar-refractivity contribution in [1.29, 1.82) is 0 Å². The maximum atomic E-state index is 13.2. The van der Waals surface area contributed by atoms with E-state index in [2.05, 4.69) is 29.3 Å². The molecule has 2 aromatic rings. The number of nitrogens with zero attached hydrogens (tertiary/aromatic N) is 1. The summed E-state index contributed by atoms with van der Waals surface area (Å²) in [7, 11) is 0. The highest BCUT2D eigenvalue weighted by atomic mass is 19.1. The van der Waals surface area contributed by atoms with Gasteiger partial charge in [-0.1, -0.05) is 24.3 Å². The fraction of sp³-hybridized carbons (Fsp3) is 0.318. The predicted molar refractivity (Wildman–Crippen MR) is 106 cm³/mol. The van der Waals surface area contributed by atoms with E-state index in [9.17, 15) is 9.18 Å². The van der Waals surface area contributed by atoms with Gasteiger partial charge < -0.3 is 15.0 Å². The Balaban J connectivity index is 1.62. The Morgan fingerprint density at radius 2 is 2.11 bits per heavy atom. The zero-order valence-electron chi connectivity index (χ0n) is 15.7. The van der Waals surface area contributed by atoms with Crippen LogP contribution in [0.3, 0.4) is 0 Å². The number of amides is 1. The van der Waals surface area contributed by atoms with Crippen LogP contribution in [0.2, 0.25) is 0 Å². The molecule has 2 atom stereocenters. The van der Waals surface area contributed by atoms with Crippen molar-refractivity contribution in [1.82, 2.24) is 5.32 Å². The van der Waals surface area contributed by atoms with Gasteiger partial charge in [0.15, 0.2) is 0 Å². The standard InChI is InChI=1S/C22H25FN2O2/c1-16-15-25(11-12-27-16)21-8-4-6-19(14-21)17(2)24-22(26)10-9-18-5-3-7-20(23)13-18/h3-10,13-14,16-17H,11-12,15H2,1-2H3,(H,24,26)/t16?,17-/m1/s1. The highest BCUT2D eigenvalue weighted by Gasteiger charge is 2.18. The molecule has 0 aliphatic carbocycles. The average Bonchev–Trinajstić information content (AvgIpc) is 2.66. The van der Waals surface area contributed by atoms with Crippen LogP contribution >= 0.6 is 0 Å². The van der Waals surface area contributed by atoms with Gasteiger partial charge in [0, 0.05) is 24.9 Å². The van der Waals surface area contributed by atoms with Crippen molar-refractivity contribution in [2.24, 2.45) is 0 Å². The molecular formula is C22H25FN2O2. The summed E-state index contributed by atoms with van der Waals surface area (Å²) in [5, 5.41) is 2.96. The first-order chi connectivity index (χ1) is 13.0. The van der Waals surface area contributed by atoms with Crippen molar-refractivity contribution >= 4 is 17.7 Å². The van der Waals surface area contributed by atoms with Crippen molar-refractivity contribution < 1.29 is 13.9 Å². The lowest BCUT2D eigenvalue weighted by Gasteiger charge is -2.33. The number of hydrogen-bond acceptors (Lipinski definition) is 3. The molecule has 27 heavy (non-hydrogen) atoms. The second-order valence-corrected chi connectivity index (χ2v) is 6.84. The lowest BCUT2D eigenvalue weighted by atomic mass is 10.1. The van der Waals surface area contributed by atoms with Crippen LogP contribution in [0.15, 0.2) is 54.6 Å². The third kappa shape index (κ3) is 5.41. The highest BCUT2D eigenvalue weighted by molar-refractivity contribution is 5.92. The topological polar surface area (TPSA) is 41.6 Å². The van der Waals surface area contributed by atoms with Gasteiger partial charge in [-0.15, -0.1) is 0 Å². The molecule has 4 nitrogen and oxygen atoms in total. The fourth-order valence-electron chi connectivity index (χ4n) is 3.17. The van der Waals surface area contributed by atoms with E-state index >= 15 is 0 Å². The van der Waals surface area contributed by atoms with Crippen molar-refractivity contribution in [3.05, 3.63) is 71.6 Å². The number of carbonyl (C=O) groups excluding carboxylic acids is 1. The lowest BCUT2D eigenvalue weighted by molar-refractivity contribution is -0.117. The molecule has 0 spiro atoms. The number of benzene rings is 2. The molecule has 1 N–H and O–H groups in total. The first-order valence-corrected chi connectivity index (χ1v) is 9.22. The summed E-state index contributed by atoms with van der Waals surface area (Å²) in [4.78, 5) is 14.5. The van der Waals surface area contributed by atoms with Gasteiger partial charge in [-0.2, -0.15) is 0 Å². The van der Waals surface area contributed by atoms with Crippen LogP contribution in [-0.4, -0.2) is 31.7 Å². The average molecular weight is 368 g/mol. The second kappa shape index (κ2) is 8.82. The molecule has 1 aliphatic rings. The first kappa shape index (κ1) is 19.1. The molecule has 0 saturated carbocycles. The normalized spacial score (nSPS) is 18.5. The van der Waals surface area contributed by atoms with Gasteiger partial charge in [0.05, 0.1) is 18.8 Å².